The molecule has 1 aliphatic rings. The van der Waals surface area contributed by atoms with Crippen LogP contribution in [0.1, 0.15) is 54.4 Å². The molecule has 0 aromatic carbocycles. The second-order valence-corrected chi connectivity index (χ2v) is 9.17. The third-order valence-electron chi connectivity index (χ3n) is 4.18. The zero-order chi connectivity index (χ0) is 21.8. The maximum Gasteiger partial charge on any atom is 0.415 e. The van der Waals surface area contributed by atoms with E-state index >= 15 is 0 Å². The van der Waals surface area contributed by atoms with Gasteiger partial charge in [-0.3, -0.25) is 4.90 Å². The van der Waals surface area contributed by atoms with Crippen molar-refractivity contribution in [1.29, 1.82) is 0 Å². The molecule has 2 amide bonds. The van der Waals surface area contributed by atoms with Crippen LogP contribution in [-0.2, 0) is 9.47 Å². The average molecular weight is 408 g/mol. The zero-order valence-electron chi connectivity index (χ0n) is 18.5. The quantitative estimate of drug-likeness (QED) is 0.743. The van der Waals surface area contributed by atoms with Gasteiger partial charge < -0.3 is 19.1 Å². The van der Waals surface area contributed by atoms with Crippen LogP contribution in [0.2, 0.25) is 0 Å². The van der Waals surface area contributed by atoms with Crippen molar-refractivity contribution >= 4 is 18.0 Å². The molecule has 2 rings (SSSR count). The fourth-order valence-corrected chi connectivity index (χ4v) is 2.86. The van der Waals surface area contributed by atoms with Gasteiger partial charge in [-0.2, -0.15) is 0 Å². The summed E-state index contributed by atoms with van der Waals surface area (Å²) >= 11 is 0. The van der Waals surface area contributed by atoms with Crippen LogP contribution in [0.3, 0.4) is 0 Å². The molecule has 1 unspecified atom stereocenters. The van der Waals surface area contributed by atoms with E-state index in [4.69, 9.17) is 14.2 Å². The monoisotopic (exact) mass is 407 g/mol. The number of nitrogens with zero attached hydrogens (tertiary/aromatic N) is 3. The second-order valence-electron chi connectivity index (χ2n) is 9.17. The van der Waals surface area contributed by atoms with Gasteiger partial charge in [-0.1, -0.05) is 0 Å². The molecule has 1 saturated heterocycles. The third-order valence-corrected chi connectivity index (χ3v) is 4.18. The van der Waals surface area contributed by atoms with Crippen molar-refractivity contribution in [1.82, 2.24) is 9.88 Å². The number of likely N-dealkylation sites (tertiary alicyclic amines) is 1. The Kier molecular flexibility index (Phi) is 6.97. The summed E-state index contributed by atoms with van der Waals surface area (Å²) in [6.07, 6.45) is 2.54. The summed E-state index contributed by atoms with van der Waals surface area (Å²) in [6.45, 7) is 12.0. The summed E-state index contributed by atoms with van der Waals surface area (Å²) in [5.74, 6) is 0.994. The zero-order valence-corrected chi connectivity index (χ0v) is 18.5. The molecule has 0 N–H and O–H groups in total. The minimum atomic E-state index is -0.590. The van der Waals surface area contributed by atoms with Gasteiger partial charge in [-0.15, -0.1) is 0 Å². The first kappa shape index (κ1) is 22.8. The van der Waals surface area contributed by atoms with Crippen LogP contribution in [0.5, 0.6) is 5.75 Å². The number of amides is 2. The standard InChI is InChI=1S/C21H33N3O5/c1-20(2,3)28-18(25)23(7)17-13-16(10-11-22-17)27-14-15-9-8-12-24(15)19(26)29-21(4,5)6/h10-11,13,15H,8-9,12,14H2,1-7H3. The molecule has 29 heavy (non-hydrogen) atoms. The van der Waals surface area contributed by atoms with Crippen LogP contribution in [0.25, 0.3) is 0 Å². The summed E-state index contributed by atoms with van der Waals surface area (Å²) in [5.41, 5.74) is -1.12. The Hall–Kier alpha value is -2.51. The Morgan fingerprint density at radius 3 is 2.45 bits per heavy atom. The van der Waals surface area contributed by atoms with Crippen LogP contribution >= 0.6 is 0 Å². The molecule has 0 radical (unpaired) electrons. The Morgan fingerprint density at radius 2 is 1.83 bits per heavy atom. The lowest BCUT2D eigenvalue weighted by Gasteiger charge is -2.28. The van der Waals surface area contributed by atoms with E-state index in [0.717, 1.165) is 12.8 Å². The molecule has 0 spiro atoms. The smallest absolute Gasteiger partial charge is 0.415 e. The molecule has 1 fully saturated rings. The summed E-state index contributed by atoms with van der Waals surface area (Å²) in [4.78, 5) is 31.9. The lowest BCUT2D eigenvalue weighted by Crippen LogP contribution is -2.42. The molecular formula is C21H33N3O5. The number of carbonyl (C=O) groups is 2. The Balaban J connectivity index is 1.98. The van der Waals surface area contributed by atoms with Crippen molar-refractivity contribution in [3.05, 3.63) is 18.3 Å². The molecule has 0 aliphatic carbocycles. The normalized spacial score (nSPS) is 17.1. The number of hydrogen-bond donors (Lipinski definition) is 0. The predicted octanol–water partition coefficient (Wildman–Crippen LogP) is 4.23. The van der Waals surface area contributed by atoms with Crippen molar-refractivity contribution < 1.29 is 23.8 Å². The van der Waals surface area contributed by atoms with Crippen molar-refractivity contribution in [3.8, 4) is 5.75 Å². The highest BCUT2D eigenvalue weighted by Crippen LogP contribution is 2.24. The number of anilines is 1. The van der Waals surface area contributed by atoms with E-state index in [1.165, 1.54) is 4.90 Å². The van der Waals surface area contributed by atoms with Gasteiger partial charge in [0.25, 0.3) is 0 Å². The number of ether oxygens (including phenoxy) is 3. The highest BCUT2D eigenvalue weighted by atomic mass is 16.6. The van der Waals surface area contributed by atoms with Gasteiger partial charge in [-0.05, 0) is 60.5 Å². The van der Waals surface area contributed by atoms with Crippen LogP contribution in [0.4, 0.5) is 15.4 Å². The molecule has 1 aromatic rings. The van der Waals surface area contributed by atoms with Gasteiger partial charge in [0.1, 0.15) is 29.4 Å². The molecule has 2 heterocycles. The van der Waals surface area contributed by atoms with E-state index in [-0.39, 0.29) is 12.1 Å². The lowest BCUT2D eigenvalue weighted by molar-refractivity contribution is 0.0187. The van der Waals surface area contributed by atoms with E-state index in [2.05, 4.69) is 4.98 Å². The van der Waals surface area contributed by atoms with Gasteiger partial charge in [0.05, 0.1) is 6.04 Å². The molecule has 8 heteroatoms. The van der Waals surface area contributed by atoms with Gasteiger partial charge in [0.15, 0.2) is 0 Å². The molecule has 8 nitrogen and oxygen atoms in total. The lowest BCUT2D eigenvalue weighted by atomic mass is 10.2. The van der Waals surface area contributed by atoms with E-state index in [0.29, 0.717) is 24.7 Å². The van der Waals surface area contributed by atoms with Crippen LogP contribution in [-0.4, -0.2) is 59.5 Å². The predicted molar refractivity (Wildman–Crippen MR) is 110 cm³/mol. The topological polar surface area (TPSA) is 81.2 Å². The SMILES string of the molecule is CN(C(=O)OC(C)(C)C)c1cc(OCC2CCCN2C(=O)OC(C)(C)C)ccn1. The van der Waals surface area contributed by atoms with Crippen molar-refractivity contribution in [3.63, 3.8) is 0 Å². The summed E-state index contributed by atoms with van der Waals surface area (Å²) in [6, 6.07) is 3.35. The van der Waals surface area contributed by atoms with Crippen molar-refractivity contribution in [2.24, 2.45) is 0 Å². The van der Waals surface area contributed by atoms with Crippen LogP contribution in [0, 0.1) is 0 Å². The largest absolute Gasteiger partial charge is 0.491 e. The van der Waals surface area contributed by atoms with Crippen molar-refractivity contribution in [2.45, 2.75) is 71.6 Å². The maximum atomic E-state index is 12.4. The first-order valence-corrected chi connectivity index (χ1v) is 9.91. The van der Waals surface area contributed by atoms with E-state index < -0.39 is 17.3 Å². The van der Waals surface area contributed by atoms with Crippen molar-refractivity contribution in [2.75, 3.05) is 25.1 Å². The van der Waals surface area contributed by atoms with E-state index in [9.17, 15) is 9.59 Å². The van der Waals surface area contributed by atoms with Gasteiger partial charge >= 0.3 is 12.2 Å². The number of hydrogen-bond acceptors (Lipinski definition) is 6. The van der Waals surface area contributed by atoms with Crippen LogP contribution in [0.15, 0.2) is 18.3 Å². The Morgan fingerprint density at radius 1 is 1.17 bits per heavy atom. The number of pyridine rings is 1. The molecule has 1 aromatic heterocycles. The number of carbonyl (C=O) groups excluding carboxylic acids is 2. The highest BCUT2D eigenvalue weighted by Gasteiger charge is 2.32. The van der Waals surface area contributed by atoms with Crippen LogP contribution < -0.4 is 9.64 Å². The van der Waals surface area contributed by atoms with E-state index in [1.54, 1.807) is 30.3 Å². The fraction of sp³-hybridized carbons (Fsp3) is 0.667. The first-order chi connectivity index (χ1) is 13.4. The first-order valence-electron chi connectivity index (χ1n) is 9.91. The summed E-state index contributed by atoms with van der Waals surface area (Å²) in [5, 5.41) is 0. The Labute approximate surface area is 173 Å². The fourth-order valence-electron chi connectivity index (χ4n) is 2.86. The highest BCUT2D eigenvalue weighted by molar-refractivity contribution is 5.86. The number of aromatic nitrogens is 1. The molecule has 0 bridgehead atoms. The van der Waals surface area contributed by atoms with E-state index in [1.807, 2.05) is 41.5 Å². The van der Waals surface area contributed by atoms with Gasteiger partial charge in [0, 0.05) is 25.9 Å². The minimum Gasteiger partial charge on any atom is -0.491 e. The minimum absolute atomic E-state index is 0.0509. The average Bonchev–Trinajstić information content (AvgIpc) is 3.05. The number of rotatable bonds is 4. The third kappa shape index (κ3) is 7.11. The molecule has 0 saturated carbocycles. The molecular weight excluding hydrogens is 374 g/mol. The summed E-state index contributed by atoms with van der Waals surface area (Å²) in [7, 11) is 1.60. The molecule has 162 valence electrons. The second kappa shape index (κ2) is 8.88. The molecule has 1 aliphatic heterocycles. The van der Waals surface area contributed by atoms with Gasteiger partial charge in [-0.25, -0.2) is 14.6 Å². The summed E-state index contributed by atoms with van der Waals surface area (Å²) < 4.78 is 16.8. The molecule has 1 atom stereocenters. The van der Waals surface area contributed by atoms with Gasteiger partial charge in [0.2, 0.25) is 0 Å². The Bertz CT molecular complexity index is 724. The maximum absolute atomic E-state index is 12.4.